The zero-order valence-electron chi connectivity index (χ0n) is 9.27. The molecule has 0 saturated carbocycles. The maximum atomic E-state index is 11.6. The van der Waals surface area contributed by atoms with E-state index in [1.165, 1.54) is 0 Å². The maximum Gasteiger partial charge on any atom is 0.233 e. The van der Waals surface area contributed by atoms with Gasteiger partial charge in [0.15, 0.2) is 0 Å². The highest BCUT2D eigenvalue weighted by Crippen LogP contribution is 2.25. The fraction of sp³-hybridized carbons (Fsp3) is 0.700. The Morgan fingerprint density at radius 3 is 3.12 bits per heavy atom. The van der Waals surface area contributed by atoms with Gasteiger partial charge in [-0.1, -0.05) is 15.9 Å². The van der Waals surface area contributed by atoms with Gasteiger partial charge in [0.1, 0.15) is 12.2 Å². The van der Waals surface area contributed by atoms with E-state index in [0.717, 1.165) is 31.8 Å². The van der Waals surface area contributed by atoms with E-state index in [-0.39, 0.29) is 5.91 Å². The quantitative estimate of drug-likeness (QED) is 0.760. The van der Waals surface area contributed by atoms with Crippen LogP contribution in [0.4, 0.5) is 0 Å². The molecule has 5 nitrogen and oxygen atoms in total. The Balaban J connectivity index is 2.07. The van der Waals surface area contributed by atoms with E-state index in [2.05, 4.69) is 26.1 Å². The molecular formula is C10H15BrN4O. The lowest BCUT2D eigenvalue weighted by atomic mass is 9.97. The second-order valence-electron chi connectivity index (χ2n) is 4.11. The molecule has 1 atom stereocenters. The summed E-state index contributed by atoms with van der Waals surface area (Å²) in [5.74, 6) is 1.46. The lowest BCUT2D eigenvalue weighted by Crippen LogP contribution is -2.40. The molecule has 88 valence electrons. The topological polar surface area (TPSA) is 51.0 Å². The van der Waals surface area contributed by atoms with Crippen LogP contribution in [-0.4, -0.2) is 44.0 Å². The van der Waals surface area contributed by atoms with Crippen LogP contribution in [0, 0.1) is 0 Å². The Kier molecular flexibility index (Phi) is 3.58. The van der Waals surface area contributed by atoms with Crippen LogP contribution in [0.5, 0.6) is 0 Å². The number of hydrogen-bond acceptors (Lipinski definition) is 3. The highest BCUT2D eigenvalue weighted by Gasteiger charge is 2.26. The summed E-state index contributed by atoms with van der Waals surface area (Å²) in [7, 11) is 1.95. The van der Waals surface area contributed by atoms with Crippen molar-refractivity contribution in [1.82, 2.24) is 19.7 Å². The van der Waals surface area contributed by atoms with Crippen LogP contribution in [0.25, 0.3) is 0 Å². The number of piperidine rings is 1. The minimum atomic E-state index is 0.159. The van der Waals surface area contributed by atoms with Gasteiger partial charge in [-0.05, 0) is 12.8 Å². The molecule has 0 bridgehead atoms. The van der Waals surface area contributed by atoms with Gasteiger partial charge in [-0.3, -0.25) is 4.79 Å². The number of carbonyl (C=O) groups excluding carboxylic acids is 1. The number of likely N-dealkylation sites (tertiary alicyclic amines) is 1. The van der Waals surface area contributed by atoms with Gasteiger partial charge in [0.2, 0.25) is 5.91 Å². The van der Waals surface area contributed by atoms with Crippen LogP contribution in [0.2, 0.25) is 0 Å². The van der Waals surface area contributed by atoms with Crippen molar-refractivity contribution in [2.24, 2.45) is 7.05 Å². The van der Waals surface area contributed by atoms with Crippen molar-refractivity contribution in [3.8, 4) is 0 Å². The Morgan fingerprint density at radius 1 is 1.69 bits per heavy atom. The Morgan fingerprint density at radius 2 is 2.50 bits per heavy atom. The summed E-state index contributed by atoms with van der Waals surface area (Å²) in [6.45, 7) is 1.62. The van der Waals surface area contributed by atoms with E-state index >= 15 is 0 Å². The minimum absolute atomic E-state index is 0.159. The van der Waals surface area contributed by atoms with Crippen LogP contribution in [-0.2, 0) is 11.8 Å². The van der Waals surface area contributed by atoms with E-state index in [4.69, 9.17) is 0 Å². The fourth-order valence-corrected chi connectivity index (χ4v) is 2.52. The van der Waals surface area contributed by atoms with E-state index in [1.54, 1.807) is 6.33 Å². The van der Waals surface area contributed by atoms with Gasteiger partial charge in [-0.2, -0.15) is 0 Å². The molecule has 0 spiro atoms. The number of hydrogen-bond donors (Lipinski definition) is 0. The number of carbonyl (C=O) groups is 1. The third-order valence-corrected chi connectivity index (χ3v) is 3.48. The lowest BCUT2D eigenvalue weighted by molar-refractivity contribution is -0.129. The Labute approximate surface area is 103 Å². The molecule has 0 radical (unpaired) electrons. The number of rotatable bonds is 2. The summed E-state index contributed by atoms with van der Waals surface area (Å²) in [5, 5.41) is 8.41. The van der Waals surface area contributed by atoms with Gasteiger partial charge in [0, 0.05) is 26.1 Å². The second-order valence-corrected chi connectivity index (χ2v) is 4.67. The molecule has 0 aromatic carbocycles. The van der Waals surface area contributed by atoms with Gasteiger partial charge >= 0.3 is 0 Å². The van der Waals surface area contributed by atoms with Crippen LogP contribution in [0.1, 0.15) is 24.6 Å². The predicted octanol–water partition coefficient (Wildman–Crippen LogP) is 0.916. The molecule has 1 saturated heterocycles. The Hall–Kier alpha value is -0.910. The van der Waals surface area contributed by atoms with Crippen LogP contribution >= 0.6 is 15.9 Å². The van der Waals surface area contributed by atoms with Crippen LogP contribution in [0.15, 0.2) is 6.33 Å². The molecule has 1 fully saturated rings. The second kappa shape index (κ2) is 4.95. The maximum absolute atomic E-state index is 11.6. The Bertz CT molecular complexity index is 379. The largest absolute Gasteiger partial charge is 0.341 e. The van der Waals surface area contributed by atoms with Crippen molar-refractivity contribution >= 4 is 21.8 Å². The van der Waals surface area contributed by atoms with Crippen LogP contribution < -0.4 is 0 Å². The summed E-state index contributed by atoms with van der Waals surface area (Å²) < 4.78 is 1.94. The third-order valence-electron chi connectivity index (χ3n) is 3.00. The first-order valence-corrected chi connectivity index (χ1v) is 6.52. The smallest absolute Gasteiger partial charge is 0.233 e. The SMILES string of the molecule is Cn1cnnc1C1CCCN(C(=O)CBr)C1. The molecular weight excluding hydrogens is 272 g/mol. The molecule has 1 aromatic heterocycles. The number of aromatic nitrogens is 3. The number of amides is 1. The van der Waals surface area contributed by atoms with Crippen molar-refractivity contribution in [1.29, 1.82) is 0 Å². The summed E-state index contributed by atoms with van der Waals surface area (Å²) in [6.07, 6.45) is 3.83. The van der Waals surface area contributed by atoms with Crippen molar-refractivity contribution < 1.29 is 4.79 Å². The zero-order chi connectivity index (χ0) is 11.5. The van der Waals surface area contributed by atoms with Gasteiger partial charge in [0.05, 0.1) is 5.33 Å². The molecule has 16 heavy (non-hydrogen) atoms. The minimum Gasteiger partial charge on any atom is -0.341 e. The number of aryl methyl sites for hydroxylation is 1. The number of halogens is 1. The summed E-state index contributed by atoms with van der Waals surface area (Å²) in [5.41, 5.74) is 0. The van der Waals surface area contributed by atoms with E-state index in [0.29, 0.717) is 11.2 Å². The van der Waals surface area contributed by atoms with Gasteiger partial charge < -0.3 is 9.47 Å². The molecule has 1 unspecified atom stereocenters. The first-order valence-electron chi connectivity index (χ1n) is 5.40. The predicted molar refractivity (Wildman–Crippen MR) is 63.4 cm³/mol. The van der Waals surface area contributed by atoms with Crippen molar-refractivity contribution in [2.45, 2.75) is 18.8 Å². The lowest BCUT2D eigenvalue weighted by Gasteiger charge is -2.31. The van der Waals surface area contributed by atoms with Crippen molar-refractivity contribution in [3.63, 3.8) is 0 Å². The highest BCUT2D eigenvalue weighted by atomic mass is 79.9. The summed E-state index contributed by atoms with van der Waals surface area (Å²) in [6, 6.07) is 0. The van der Waals surface area contributed by atoms with E-state index < -0.39 is 0 Å². The molecule has 2 heterocycles. The monoisotopic (exact) mass is 286 g/mol. The first kappa shape index (κ1) is 11.6. The average Bonchev–Trinajstić information content (AvgIpc) is 2.74. The average molecular weight is 287 g/mol. The van der Waals surface area contributed by atoms with Crippen LogP contribution in [0.3, 0.4) is 0 Å². The number of nitrogens with zero attached hydrogens (tertiary/aromatic N) is 4. The fourth-order valence-electron chi connectivity index (χ4n) is 2.16. The van der Waals surface area contributed by atoms with Gasteiger partial charge in [0.25, 0.3) is 0 Å². The summed E-state index contributed by atoms with van der Waals surface area (Å²) >= 11 is 3.21. The molecule has 1 amide bonds. The first-order chi connectivity index (χ1) is 7.72. The standard InChI is InChI=1S/C10H15BrN4O/c1-14-7-12-13-10(14)8-3-2-4-15(6-8)9(16)5-11/h7-8H,2-6H2,1H3. The van der Waals surface area contributed by atoms with Crippen molar-refractivity contribution in [3.05, 3.63) is 12.2 Å². The molecule has 0 aliphatic carbocycles. The molecule has 1 aromatic rings. The third kappa shape index (κ3) is 2.26. The molecule has 2 rings (SSSR count). The van der Waals surface area contributed by atoms with Gasteiger partial charge in [-0.25, -0.2) is 0 Å². The molecule has 1 aliphatic rings. The van der Waals surface area contributed by atoms with Crippen molar-refractivity contribution in [2.75, 3.05) is 18.4 Å². The molecule has 6 heteroatoms. The van der Waals surface area contributed by atoms with E-state index in [9.17, 15) is 4.79 Å². The highest BCUT2D eigenvalue weighted by molar-refractivity contribution is 9.09. The summed E-state index contributed by atoms with van der Waals surface area (Å²) in [4.78, 5) is 13.5. The number of alkyl halides is 1. The molecule has 0 N–H and O–H groups in total. The van der Waals surface area contributed by atoms with E-state index in [1.807, 2.05) is 16.5 Å². The normalized spacial score (nSPS) is 21.1. The van der Waals surface area contributed by atoms with Gasteiger partial charge in [-0.15, -0.1) is 10.2 Å². The zero-order valence-corrected chi connectivity index (χ0v) is 10.9. The molecule has 1 aliphatic heterocycles.